The van der Waals surface area contributed by atoms with Gasteiger partial charge in [-0.15, -0.1) is 0 Å². The third-order valence-corrected chi connectivity index (χ3v) is 3.85. The van der Waals surface area contributed by atoms with Crippen molar-refractivity contribution < 1.29 is 9.90 Å². The van der Waals surface area contributed by atoms with Gasteiger partial charge in [0.1, 0.15) is 5.75 Å². The highest BCUT2D eigenvalue weighted by Crippen LogP contribution is 2.31. The van der Waals surface area contributed by atoms with Crippen molar-refractivity contribution in [1.29, 1.82) is 0 Å². The largest absolute Gasteiger partial charge is 0.506 e. The van der Waals surface area contributed by atoms with Crippen LogP contribution in [-0.2, 0) is 0 Å². The zero-order valence-electron chi connectivity index (χ0n) is 10.4. The minimum absolute atomic E-state index is 0.142. The maximum absolute atomic E-state index is 12.2. The molecule has 0 radical (unpaired) electrons. The molecule has 2 N–H and O–H groups in total. The van der Waals surface area contributed by atoms with Crippen LogP contribution in [-0.4, -0.2) is 11.0 Å². The summed E-state index contributed by atoms with van der Waals surface area (Å²) in [5.74, 6) is -0.224. The van der Waals surface area contributed by atoms with Crippen molar-refractivity contribution in [2.75, 3.05) is 5.32 Å². The van der Waals surface area contributed by atoms with Crippen LogP contribution < -0.4 is 5.32 Å². The summed E-state index contributed by atoms with van der Waals surface area (Å²) in [6, 6.07) is 7.95. The Bertz CT molecular complexity index is 666. The van der Waals surface area contributed by atoms with Gasteiger partial charge in [0, 0.05) is 10.7 Å². The van der Waals surface area contributed by atoms with Crippen molar-refractivity contribution in [3.8, 4) is 5.75 Å². The molecule has 2 aromatic carbocycles. The highest BCUT2D eigenvalue weighted by Gasteiger charge is 2.13. The van der Waals surface area contributed by atoms with Gasteiger partial charge in [-0.2, -0.15) is 0 Å². The van der Waals surface area contributed by atoms with Crippen LogP contribution in [0, 0.1) is 6.92 Å². The standard InChI is InChI=1S/C14H10BrCl2NO2/c1-7-4-9(6-11(15)13(7)19)18-14(20)10-5-8(16)2-3-12(10)17/h2-6,19H,1H3,(H,18,20). The van der Waals surface area contributed by atoms with Gasteiger partial charge in [-0.3, -0.25) is 4.79 Å². The van der Waals surface area contributed by atoms with Crippen LogP contribution in [0.5, 0.6) is 5.75 Å². The van der Waals surface area contributed by atoms with Crippen LogP contribution in [0.15, 0.2) is 34.8 Å². The molecule has 1 amide bonds. The molecule has 3 nitrogen and oxygen atoms in total. The van der Waals surface area contributed by atoms with Crippen molar-refractivity contribution in [3.05, 3.63) is 56.0 Å². The molecular formula is C14H10BrCl2NO2. The van der Waals surface area contributed by atoms with Crippen molar-refractivity contribution in [2.24, 2.45) is 0 Å². The van der Waals surface area contributed by atoms with E-state index >= 15 is 0 Å². The molecule has 0 atom stereocenters. The van der Waals surface area contributed by atoms with Gasteiger partial charge in [-0.25, -0.2) is 0 Å². The van der Waals surface area contributed by atoms with Crippen molar-refractivity contribution >= 4 is 50.7 Å². The smallest absolute Gasteiger partial charge is 0.257 e. The molecule has 0 unspecified atom stereocenters. The van der Waals surface area contributed by atoms with Crippen LogP contribution in [0.1, 0.15) is 15.9 Å². The van der Waals surface area contributed by atoms with Crippen LogP contribution in [0.3, 0.4) is 0 Å². The predicted octanol–water partition coefficient (Wildman–Crippen LogP) is 5.02. The Hall–Kier alpha value is -1.23. The first kappa shape index (κ1) is 15.2. The van der Waals surface area contributed by atoms with E-state index in [-0.39, 0.29) is 11.7 Å². The minimum atomic E-state index is -0.366. The van der Waals surface area contributed by atoms with Gasteiger partial charge in [0.2, 0.25) is 0 Å². The fourth-order valence-electron chi connectivity index (χ4n) is 1.68. The average molecular weight is 375 g/mol. The lowest BCUT2D eigenvalue weighted by Gasteiger charge is -2.10. The second kappa shape index (κ2) is 6.04. The molecule has 0 bridgehead atoms. The number of hydrogen-bond donors (Lipinski definition) is 2. The number of benzene rings is 2. The number of phenols is 1. The molecule has 0 aliphatic rings. The topological polar surface area (TPSA) is 49.3 Å². The Balaban J connectivity index is 2.30. The molecule has 104 valence electrons. The van der Waals surface area contributed by atoms with Crippen LogP contribution in [0.25, 0.3) is 0 Å². The van der Waals surface area contributed by atoms with Gasteiger partial charge in [0.15, 0.2) is 0 Å². The maximum Gasteiger partial charge on any atom is 0.257 e. The molecule has 0 aliphatic carbocycles. The molecule has 2 rings (SSSR count). The minimum Gasteiger partial charge on any atom is -0.506 e. The van der Waals surface area contributed by atoms with Crippen LogP contribution in [0.2, 0.25) is 10.0 Å². The summed E-state index contributed by atoms with van der Waals surface area (Å²) in [5.41, 5.74) is 1.49. The molecule has 0 spiro atoms. The van der Waals surface area contributed by atoms with E-state index in [1.807, 2.05) is 0 Å². The SMILES string of the molecule is Cc1cc(NC(=O)c2cc(Cl)ccc2Cl)cc(Br)c1O. The molecule has 0 aromatic heterocycles. The molecular weight excluding hydrogens is 365 g/mol. The summed E-state index contributed by atoms with van der Waals surface area (Å²) in [6.07, 6.45) is 0. The summed E-state index contributed by atoms with van der Waals surface area (Å²) >= 11 is 15.1. The van der Waals surface area contributed by atoms with Crippen molar-refractivity contribution in [2.45, 2.75) is 6.92 Å². The third-order valence-electron chi connectivity index (χ3n) is 2.68. The number of hydrogen-bond acceptors (Lipinski definition) is 2. The lowest BCUT2D eigenvalue weighted by Crippen LogP contribution is -2.12. The molecule has 6 heteroatoms. The Morgan fingerprint density at radius 3 is 2.60 bits per heavy atom. The number of nitrogens with one attached hydrogen (secondary N) is 1. The van der Waals surface area contributed by atoms with Gasteiger partial charge >= 0.3 is 0 Å². The van der Waals surface area contributed by atoms with E-state index in [4.69, 9.17) is 23.2 Å². The van der Waals surface area contributed by atoms with Gasteiger partial charge in [-0.1, -0.05) is 23.2 Å². The fraction of sp³-hybridized carbons (Fsp3) is 0.0714. The number of aryl methyl sites for hydroxylation is 1. The zero-order valence-corrected chi connectivity index (χ0v) is 13.5. The number of rotatable bonds is 2. The van der Waals surface area contributed by atoms with E-state index in [9.17, 15) is 9.90 Å². The van der Waals surface area contributed by atoms with E-state index in [0.717, 1.165) is 0 Å². The molecule has 0 fully saturated rings. The zero-order chi connectivity index (χ0) is 14.9. The third kappa shape index (κ3) is 3.26. The molecule has 2 aromatic rings. The number of phenolic OH excluding ortho intramolecular Hbond substituents is 1. The summed E-state index contributed by atoms with van der Waals surface area (Å²) in [6.45, 7) is 1.74. The Morgan fingerprint density at radius 1 is 1.25 bits per heavy atom. The number of anilines is 1. The first-order valence-electron chi connectivity index (χ1n) is 5.64. The quantitative estimate of drug-likeness (QED) is 0.725. The Morgan fingerprint density at radius 2 is 1.95 bits per heavy atom. The predicted molar refractivity (Wildman–Crippen MR) is 85.0 cm³/mol. The van der Waals surface area contributed by atoms with Crippen LogP contribution in [0.4, 0.5) is 5.69 Å². The van der Waals surface area contributed by atoms with Gasteiger partial charge in [0.25, 0.3) is 5.91 Å². The summed E-state index contributed by atoms with van der Waals surface area (Å²) in [5, 5.41) is 13.1. The fourth-order valence-corrected chi connectivity index (χ4v) is 2.61. The highest BCUT2D eigenvalue weighted by molar-refractivity contribution is 9.10. The van der Waals surface area contributed by atoms with Crippen molar-refractivity contribution in [1.82, 2.24) is 0 Å². The second-order valence-corrected chi connectivity index (χ2v) is 5.90. The maximum atomic E-state index is 12.2. The molecule has 0 aliphatic heterocycles. The number of halogens is 3. The van der Waals surface area contributed by atoms with E-state index in [1.165, 1.54) is 6.07 Å². The molecule has 20 heavy (non-hydrogen) atoms. The van der Waals surface area contributed by atoms with Crippen LogP contribution >= 0.6 is 39.1 Å². The lowest BCUT2D eigenvalue weighted by atomic mass is 10.1. The average Bonchev–Trinajstić information content (AvgIpc) is 2.38. The molecule has 0 saturated carbocycles. The van der Waals surface area contributed by atoms with Gasteiger partial charge in [0.05, 0.1) is 15.1 Å². The van der Waals surface area contributed by atoms with Crippen molar-refractivity contribution in [3.63, 3.8) is 0 Å². The number of carbonyl (C=O) groups is 1. The first-order chi connectivity index (χ1) is 9.38. The van der Waals surface area contributed by atoms with E-state index in [1.54, 1.807) is 31.2 Å². The first-order valence-corrected chi connectivity index (χ1v) is 7.19. The van der Waals surface area contributed by atoms with E-state index in [0.29, 0.717) is 31.3 Å². The van der Waals surface area contributed by atoms with E-state index in [2.05, 4.69) is 21.2 Å². The van der Waals surface area contributed by atoms with Gasteiger partial charge < -0.3 is 10.4 Å². The summed E-state index contributed by atoms with van der Waals surface area (Å²) < 4.78 is 0.505. The summed E-state index contributed by atoms with van der Waals surface area (Å²) in [7, 11) is 0. The second-order valence-electron chi connectivity index (χ2n) is 4.20. The number of amides is 1. The van der Waals surface area contributed by atoms with E-state index < -0.39 is 0 Å². The number of aromatic hydroxyl groups is 1. The monoisotopic (exact) mass is 373 g/mol. The molecule has 0 saturated heterocycles. The molecule has 0 heterocycles. The Labute approximate surface area is 134 Å². The lowest BCUT2D eigenvalue weighted by molar-refractivity contribution is 0.102. The highest BCUT2D eigenvalue weighted by atomic mass is 79.9. The normalized spacial score (nSPS) is 10.4. The Kier molecular flexibility index (Phi) is 4.58. The summed E-state index contributed by atoms with van der Waals surface area (Å²) in [4.78, 5) is 12.2. The van der Waals surface area contributed by atoms with Gasteiger partial charge in [-0.05, 0) is 58.7 Å². The number of carbonyl (C=O) groups excluding carboxylic acids is 1.